The minimum Gasteiger partial charge on any atom is -0.494 e. The van der Waals surface area contributed by atoms with Gasteiger partial charge < -0.3 is 15.4 Å². The summed E-state index contributed by atoms with van der Waals surface area (Å²) in [5, 5.41) is 5.79. The average Bonchev–Trinajstić information content (AvgIpc) is 2.52. The van der Waals surface area contributed by atoms with Crippen LogP contribution >= 0.6 is 0 Å². The Morgan fingerprint density at radius 1 is 1.09 bits per heavy atom. The summed E-state index contributed by atoms with van der Waals surface area (Å²) in [5.41, 5.74) is 0. The largest absolute Gasteiger partial charge is 0.494 e. The third kappa shape index (κ3) is 7.45. The lowest BCUT2D eigenvalue weighted by molar-refractivity contribution is -0.120. The molecule has 1 rings (SSSR count). The van der Waals surface area contributed by atoms with Crippen LogP contribution in [0.15, 0.2) is 29.2 Å². The Morgan fingerprint density at radius 2 is 1.78 bits per heavy atom. The second kappa shape index (κ2) is 10.2. The SMILES string of the molecule is CCNCCNC(=O)CCNS(=O)(=O)c1ccc(OCC)cc1. The molecule has 1 aromatic rings. The Morgan fingerprint density at radius 3 is 2.39 bits per heavy atom. The third-order valence-corrected chi connectivity index (χ3v) is 4.44. The molecule has 0 spiro atoms. The van der Waals surface area contributed by atoms with Crippen LogP contribution in [0.2, 0.25) is 0 Å². The molecule has 0 fully saturated rings. The van der Waals surface area contributed by atoms with Crippen molar-refractivity contribution in [3.8, 4) is 5.75 Å². The van der Waals surface area contributed by atoms with Crippen molar-refractivity contribution < 1.29 is 17.9 Å². The van der Waals surface area contributed by atoms with E-state index < -0.39 is 10.0 Å². The molecule has 0 atom stereocenters. The van der Waals surface area contributed by atoms with E-state index in [0.29, 0.717) is 25.4 Å². The predicted octanol–water partition coefficient (Wildman–Crippen LogP) is 0.479. The Balaban J connectivity index is 2.39. The minimum atomic E-state index is -3.61. The normalized spacial score (nSPS) is 11.2. The second-order valence-corrected chi connectivity index (χ2v) is 6.52. The zero-order valence-electron chi connectivity index (χ0n) is 13.6. The molecule has 0 heterocycles. The van der Waals surface area contributed by atoms with Crippen molar-refractivity contribution >= 4 is 15.9 Å². The number of likely N-dealkylation sites (N-methyl/N-ethyl adjacent to an activating group) is 1. The van der Waals surface area contributed by atoms with Crippen molar-refractivity contribution in [3.05, 3.63) is 24.3 Å². The molecule has 0 unspecified atom stereocenters. The topological polar surface area (TPSA) is 96.5 Å². The van der Waals surface area contributed by atoms with E-state index in [1.807, 2.05) is 13.8 Å². The number of rotatable bonds is 11. The zero-order valence-corrected chi connectivity index (χ0v) is 14.4. The van der Waals surface area contributed by atoms with Gasteiger partial charge in [-0.25, -0.2) is 13.1 Å². The molecular formula is C15H25N3O4S. The molecule has 0 aliphatic carbocycles. The first kappa shape index (κ1) is 19.4. The van der Waals surface area contributed by atoms with Gasteiger partial charge in [0.25, 0.3) is 0 Å². The molecular weight excluding hydrogens is 318 g/mol. The van der Waals surface area contributed by atoms with Crippen LogP contribution in [0.3, 0.4) is 0 Å². The molecule has 0 aliphatic rings. The summed E-state index contributed by atoms with van der Waals surface area (Å²) < 4.78 is 31.9. The quantitative estimate of drug-likeness (QED) is 0.508. The van der Waals surface area contributed by atoms with E-state index >= 15 is 0 Å². The number of benzene rings is 1. The van der Waals surface area contributed by atoms with E-state index in [0.717, 1.165) is 6.54 Å². The van der Waals surface area contributed by atoms with E-state index in [-0.39, 0.29) is 23.8 Å². The van der Waals surface area contributed by atoms with Crippen LogP contribution < -0.4 is 20.1 Å². The lowest BCUT2D eigenvalue weighted by Crippen LogP contribution is -2.34. The molecule has 130 valence electrons. The van der Waals surface area contributed by atoms with Crippen molar-refractivity contribution in [1.82, 2.24) is 15.4 Å². The van der Waals surface area contributed by atoms with Crippen molar-refractivity contribution in [3.63, 3.8) is 0 Å². The molecule has 1 aromatic carbocycles. The van der Waals surface area contributed by atoms with Gasteiger partial charge in [0.05, 0.1) is 11.5 Å². The molecule has 23 heavy (non-hydrogen) atoms. The van der Waals surface area contributed by atoms with Crippen molar-refractivity contribution in [1.29, 1.82) is 0 Å². The van der Waals surface area contributed by atoms with Gasteiger partial charge in [-0.05, 0) is 37.7 Å². The fourth-order valence-corrected chi connectivity index (χ4v) is 2.85. The van der Waals surface area contributed by atoms with Crippen LogP contribution in [-0.4, -0.2) is 47.1 Å². The van der Waals surface area contributed by atoms with Crippen LogP contribution in [0, 0.1) is 0 Å². The molecule has 0 aromatic heterocycles. The maximum atomic E-state index is 12.1. The lowest BCUT2D eigenvalue weighted by Gasteiger charge is -2.09. The van der Waals surface area contributed by atoms with E-state index in [2.05, 4.69) is 15.4 Å². The molecule has 8 heteroatoms. The Hall–Kier alpha value is -1.64. The molecule has 0 saturated carbocycles. The number of ether oxygens (including phenoxy) is 1. The summed E-state index contributed by atoms with van der Waals surface area (Å²) in [5.74, 6) is 0.434. The first-order valence-electron chi connectivity index (χ1n) is 7.69. The molecule has 0 radical (unpaired) electrons. The van der Waals surface area contributed by atoms with Crippen LogP contribution in [0.25, 0.3) is 0 Å². The summed E-state index contributed by atoms with van der Waals surface area (Å²) >= 11 is 0. The number of carbonyl (C=O) groups excluding carboxylic acids is 1. The molecule has 0 bridgehead atoms. The maximum absolute atomic E-state index is 12.1. The number of amides is 1. The summed E-state index contributed by atoms with van der Waals surface area (Å²) in [6.45, 7) is 6.49. The summed E-state index contributed by atoms with van der Waals surface area (Å²) in [7, 11) is -3.61. The highest BCUT2D eigenvalue weighted by atomic mass is 32.2. The second-order valence-electron chi connectivity index (χ2n) is 4.76. The van der Waals surface area contributed by atoms with Gasteiger partial charge in [-0.1, -0.05) is 6.92 Å². The molecule has 7 nitrogen and oxygen atoms in total. The van der Waals surface area contributed by atoms with Crippen molar-refractivity contribution in [2.45, 2.75) is 25.2 Å². The van der Waals surface area contributed by atoms with Crippen LogP contribution in [0.4, 0.5) is 0 Å². The maximum Gasteiger partial charge on any atom is 0.240 e. The van der Waals surface area contributed by atoms with Gasteiger partial charge in [-0.2, -0.15) is 0 Å². The van der Waals surface area contributed by atoms with Gasteiger partial charge in [0, 0.05) is 26.1 Å². The first-order valence-corrected chi connectivity index (χ1v) is 9.18. The average molecular weight is 343 g/mol. The van der Waals surface area contributed by atoms with Gasteiger partial charge in [0.15, 0.2) is 0 Å². The number of carbonyl (C=O) groups is 1. The minimum absolute atomic E-state index is 0.0581. The predicted molar refractivity (Wildman–Crippen MR) is 89.0 cm³/mol. The molecule has 0 aliphatic heterocycles. The Kier molecular flexibility index (Phi) is 8.60. The van der Waals surface area contributed by atoms with Crippen molar-refractivity contribution in [2.24, 2.45) is 0 Å². The highest BCUT2D eigenvalue weighted by Crippen LogP contribution is 2.15. The lowest BCUT2D eigenvalue weighted by atomic mass is 10.3. The number of sulfonamides is 1. The fourth-order valence-electron chi connectivity index (χ4n) is 1.82. The molecule has 3 N–H and O–H groups in total. The van der Waals surface area contributed by atoms with E-state index in [1.54, 1.807) is 12.1 Å². The smallest absolute Gasteiger partial charge is 0.240 e. The number of hydrogen-bond acceptors (Lipinski definition) is 5. The third-order valence-electron chi connectivity index (χ3n) is 2.96. The van der Waals surface area contributed by atoms with Crippen LogP contribution in [-0.2, 0) is 14.8 Å². The highest BCUT2D eigenvalue weighted by Gasteiger charge is 2.14. The zero-order chi connectivity index (χ0) is 17.1. The summed E-state index contributed by atoms with van der Waals surface area (Å²) in [4.78, 5) is 11.7. The van der Waals surface area contributed by atoms with Crippen LogP contribution in [0.1, 0.15) is 20.3 Å². The fraction of sp³-hybridized carbons (Fsp3) is 0.533. The number of hydrogen-bond donors (Lipinski definition) is 3. The highest BCUT2D eigenvalue weighted by molar-refractivity contribution is 7.89. The molecule has 1 amide bonds. The number of nitrogens with one attached hydrogen (secondary N) is 3. The van der Waals surface area contributed by atoms with Gasteiger partial charge in [0.2, 0.25) is 15.9 Å². The van der Waals surface area contributed by atoms with Gasteiger partial charge in [-0.15, -0.1) is 0 Å². The van der Waals surface area contributed by atoms with Crippen molar-refractivity contribution in [2.75, 3.05) is 32.8 Å². The first-order chi connectivity index (χ1) is 11.0. The monoisotopic (exact) mass is 343 g/mol. The standard InChI is InChI=1S/C15H25N3O4S/c1-3-16-11-12-17-15(19)9-10-18-23(20,21)14-7-5-13(6-8-14)22-4-2/h5-8,16,18H,3-4,9-12H2,1-2H3,(H,17,19). The van der Waals surface area contributed by atoms with Gasteiger partial charge >= 0.3 is 0 Å². The van der Waals surface area contributed by atoms with E-state index in [1.165, 1.54) is 12.1 Å². The Labute approximate surface area is 137 Å². The summed E-state index contributed by atoms with van der Waals surface area (Å²) in [6.07, 6.45) is 0.0996. The van der Waals surface area contributed by atoms with E-state index in [4.69, 9.17) is 4.74 Å². The molecule has 0 saturated heterocycles. The van der Waals surface area contributed by atoms with E-state index in [9.17, 15) is 13.2 Å². The Bertz CT molecular complexity index is 573. The van der Waals surface area contributed by atoms with Gasteiger partial charge in [-0.3, -0.25) is 4.79 Å². The van der Waals surface area contributed by atoms with Crippen LogP contribution in [0.5, 0.6) is 5.75 Å². The van der Waals surface area contributed by atoms with Gasteiger partial charge in [0.1, 0.15) is 5.75 Å². The summed E-state index contributed by atoms with van der Waals surface area (Å²) in [6, 6.07) is 6.16.